The van der Waals surface area contributed by atoms with Crippen molar-refractivity contribution in [2.75, 3.05) is 39.8 Å². The predicted molar refractivity (Wildman–Crippen MR) is 82.1 cm³/mol. The van der Waals surface area contributed by atoms with Gasteiger partial charge in [0.05, 0.1) is 13.1 Å². The lowest BCUT2D eigenvalue weighted by molar-refractivity contribution is -0.131. The Bertz CT molecular complexity index is 417. The zero-order valence-corrected chi connectivity index (χ0v) is 13.1. The standard InChI is InChI=1S/C16H26N2O2/c1-5-18(6-2)13-16(19)17(4)10-11-20-15-9-7-8-14(3)12-15/h7-9,12H,5-6,10-11,13H2,1-4H3. The zero-order valence-electron chi connectivity index (χ0n) is 13.1. The van der Waals surface area contributed by atoms with Crippen LogP contribution in [0.1, 0.15) is 19.4 Å². The van der Waals surface area contributed by atoms with Crippen molar-refractivity contribution in [3.8, 4) is 5.75 Å². The van der Waals surface area contributed by atoms with Gasteiger partial charge in [-0.25, -0.2) is 0 Å². The largest absolute Gasteiger partial charge is 0.492 e. The van der Waals surface area contributed by atoms with E-state index in [0.29, 0.717) is 19.7 Å². The summed E-state index contributed by atoms with van der Waals surface area (Å²) >= 11 is 0. The van der Waals surface area contributed by atoms with E-state index in [0.717, 1.165) is 18.8 Å². The van der Waals surface area contributed by atoms with Crippen molar-refractivity contribution in [2.45, 2.75) is 20.8 Å². The summed E-state index contributed by atoms with van der Waals surface area (Å²) in [6, 6.07) is 7.94. The molecule has 1 amide bonds. The van der Waals surface area contributed by atoms with Crippen molar-refractivity contribution < 1.29 is 9.53 Å². The Labute approximate surface area is 122 Å². The average Bonchev–Trinajstić information content (AvgIpc) is 2.44. The number of benzene rings is 1. The number of carbonyl (C=O) groups excluding carboxylic acids is 1. The van der Waals surface area contributed by atoms with Crippen LogP contribution in [0, 0.1) is 6.92 Å². The molecule has 1 aromatic carbocycles. The van der Waals surface area contributed by atoms with E-state index in [-0.39, 0.29) is 5.91 Å². The number of nitrogens with zero attached hydrogens (tertiary/aromatic N) is 2. The molecular formula is C16H26N2O2. The minimum atomic E-state index is 0.140. The lowest BCUT2D eigenvalue weighted by atomic mass is 10.2. The third kappa shape index (κ3) is 5.61. The van der Waals surface area contributed by atoms with Crippen LogP contribution in [-0.2, 0) is 4.79 Å². The Morgan fingerprint density at radius 1 is 1.25 bits per heavy atom. The van der Waals surface area contributed by atoms with Gasteiger partial charge in [-0.05, 0) is 37.7 Å². The first-order chi connectivity index (χ1) is 9.56. The lowest BCUT2D eigenvalue weighted by Gasteiger charge is -2.22. The summed E-state index contributed by atoms with van der Waals surface area (Å²) < 4.78 is 5.66. The van der Waals surface area contributed by atoms with Crippen LogP contribution in [0.5, 0.6) is 5.75 Å². The van der Waals surface area contributed by atoms with E-state index in [2.05, 4.69) is 18.7 Å². The Hall–Kier alpha value is -1.55. The van der Waals surface area contributed by atoms with Gasteiger partial charge in [0, 0.05) is 7.05 Å². The molecule has 0 saturated carbocycles. The van der Waals surface area contributed by atoms with Crippen molar-refractivity contribution in [3.63, 3.8) is 0 Å². The van der Waals surface area contributed by atoms with Gasteiger partial charge in [0.1, 0.15) is 12.4 Å². The molecule has 0 bridgehead atoms. The number of carbonyl (C=O) groups is 1. The number of rotatable bonds is 8. The highest BCUT2D eigenvalue weighted by Crippen LogP contribution is 2.11. The van der Waals surface area contributed by atoms with Crippen LogP contribution in [0.2, 0.25) is 0 Å². The molecule has 0 aliphatic heterocycles. The first-order valence-electron chi connectivity index (χ1n) is 7.22. The number of hydrogen-bond acceptors (Lipinski definition) is 3. The molecule has 1 aromatic rings. The van der Waals surface area contributed by atoms with E-state index < -0.39 is 0 Å². The number of hydrogen-bond donors (Lipinski definition) is 0. The zero-order chi connectivity index (χ0) is 15.0. The number of likely N-dealkylation sites (N-methyl/N-ethyl adjacent to an activating group) is 2. The Balaban J connectivity index is 2.32. The van der Waals surface area contributed by atoms with E-state index in [1.54, 1.807) is 4.90 Å². The van der Waals surface area contributed by atoms with Crippen molar-refractivity contribution in [2.24, 2.45) is 0 Å². The Kier molecular flexibility index (Phi) is 7.09. The van der Waals surface area contributed by atoms with Crippen LogP contribution in [-0.4, -0.2) is 55.5 Å². The van der Waals surface area contributed by atoms with Gasteiger partial charge >= 0.3 is 0 Å². The molecule has 4 heteroatoms. The fraction of sp³-hybridized carbons (Fsp3) is 0.562. The normalized spacial score (nSPS) is 10.7. The van der Waals surface area contributed by atoms with Crippen LogP contribution < -0.4 is 4.74 Å². The van der Waals surface area contributed by atoms with E-state index in [1.807, 2.05) is 38.2 Å². The van der Waals surface area contributed by atoms with Gasteiger partial charge in [-0.2, -0.15) is 0 Å². The second-order valence-corrected chi connectivity index (χ2v) is 4.94. The van der Waals surface area contributed by atoms with Crippen molar-refractivity contribution >= 4 is 5.91 Å². The molecule has 0 fully saturated rings. The third-order valence-electron chi connectivity index (χ3n) is 3.36. The molecule has 0 aliphatic rings. The average molecular weight is 278 g/mol. The maximum atomic E-state index is 12.0. The molecule has 0 radical (unpaired) electrons. The minimum absolute atomic E-state index is 0.140. The fourth-order valence-electron chi connectivity index (χ4n) is 1.89. The molecule has 0 aliphatic carbocycles. The smallest absolute Gasteiger partial charge is 0.236 e. The van der Waals surface area contributed by atoms with E-state index in [4.69, 9.17) is 4.74 Å². The van der Waals surface area contributed by atoms with Crippen molar-refractivity contribution in [1.82, 2.24) is 9.80 Å². The SMILES string of the molecule is CCN(CC)CC(=O)N(C)CCOc1cccc(C)c1. The summed E-state index contributed by atoms with van der Waals surface area (Å²) in [4.78, 5) is 15.8. The molecule has 0 N–H and O–H groups in total. The van der Waals surface area contributed by atoms with E-state index >= 15 is 0 Å². The van der Waals surface area contributed by atoms with Gasteiger partial charge in [-0.1, -0.05) is 26.0 Å². The van der Waals surface area contributed by atoms with E-state index in [9.17, 15) is 4.79 Å². The molecule has 112 valence electrons. The van der Waals surface area contributed by atoms with Gasteiger partial charge in [-0.15, -0.1) is 0 Å². The van der Waals surface area contributed by atoms with Crippen molar-refractivity contribution in [3.05, 3.63) is 29.8 Å². The van der Waals surface area contributed by atoms with Gasteiger partial charge in [0.2, 0.25) is 5.91 Å². The quantitative estimate of drug-likeness (QED) is 0.730. The summed E-state index contributed by atoms with van der Waals surface area (Å²) in [5.74, 6) is 0.996. The fourth-order valence-corrected chi connectivity index (χ4v) is 1.89. The molecule has 1 rings (SSSR count). The van der Waals surface area contributed by atoms with Gasteiger partial charge in [0.15, 0.2) is 0 Å². The Morgan fingerprint density at radius 3 is 2.55 bits per heavy atom. The summed E-state index contributed by atoms with van der Waals surface area (Å²) in [5.41, 5.74) is 1.17. The molecule has 4 nitrogen and oxygen atoms in total. The molecule has 0 saturated heterocycles. The minimum Gasteiger partial charge on any atom is -0.492 e. The maximum Gasteiger partial charge on any atom is 0.236 e. The highest BCUT2D eigenvalue weighted by Gasteiger charge is 2.11. The van der Waals surface area contributed by atoms with Crippen LogP contribution >= 0.6 is 0 Å². The highest BCUT2D eigenvalue weighted by molar-refractivity contribution is 5.77. The first-order valence-corrected chi connectivity index (χ1v) is 7.22. The Morgan fingerprint density at radius 2 is 1.95 bits per heavy atom. The first kappa shape index (κ1) is 16.5. The second-order valence-electron chi connectivity index (χ2n) is 4.94. The molecule has 0 atom stereocenters. The second kappa shape index (κ2) is 8.59. The summed E-state index contributed by atoms with van der Waals surface area (Å²) in [7, 11) is 1.82. The molecule has 20 heavy (non-hydrogen) atoms. The van der Waals surface area contributed by atoms with E-state index in [1.165, 1.54) is 5.56 Å². The van der Waals surface area contributed by atoms with Gasteiger partial charge < -0.3 is 9.64 Å². The number of ether oxygens (including phenoxy) is 1. The van der Waals surface area contributed by atoms with Crippen LogP contribution in [0.4, 0.5) is 0 Å². The molecule has 0 unspecified atom stereocenters. The molecular weight excluding hydrogens is 252 g/mol. The monoisotopic (exact) mass is 278 g/mol. The summed E-state index contributed by atoms with van der Waals surface area (Å²) in [6.45, 7) is 9.57. The number of aryl methyl sites for hydroxylation is 1. The summed E-state index contributed by atoms with van der Waals surface area (Å²) in [6.07, 6.45) is 0. The van der Waals surface area contributed by atoms with Crippen molar-refractivity contribution in [1.29, 1.82) is 0 Å². The van der Waals surface area contributed by atoms with Gasteiger partial charge in [0.25, 0.3) is 0 Å². The summed E-state index contributed by atoms with van der Waals surface area (Å²) in [5, 5.41) is 0. The van der Waals surface area contributed by atoms with Crippen LogP contribution in [0.15, 0.2) is 24.3 Å². The maximum absolute atomic E-state index is 12.0. The third-order valence-corrected chi connectivity index (χ3v) is 3.36. The lowest BCUT2D eigenvalue weighted by Crippen LogP contribution is -2.39. The molecule has 0 aromatic heterocycles. The highest BCUT2D eigenvalue weighted by atomic mass is 16.5. The topological polar surface area (TPSA) is 32.8 Å². The number of amides is 1. The molecule has 0 spiro atoms. The van der Waals surface area contributed by atoms with Crippen LogP contribution in [0.25, 0.3) is 0 Å². The van der Waals surface area contributed by atoms with Gasteiger partial charge in [-0.3, -0.25) is 9.69 Å². The molecule has 0 heterocycles. The van der Waals surface area contributed by atoms with Crippen LogP contribution in [0.3, 0.4) is 0 Å². The predicted octanol–water partition coefficient (Wildman–Crippen LogP) is 2.17.